The molecule has 5 heteroatoms. The predicted molar refractivity (Wildman–Crippen MR) is 67.3 cm³/mol. The maximum Gasteiger partial charge on any atom is 0.495 e. The Kier molecular flexibility index (Phi) is 3.76. The molecule has 96 valence electrons. The summed E-state index contributed by atoms with van der Waals surface area (Å²) in [5, 5.41) is 20.0. The molecule has 4 nitrogen and oxygen atoms in total. The monoisotopic (exact) mass is 240 g/mol. The molecule has 0 radical (unpaired) electrons. The normalized spacial score (nSPS) is 12.9. The lowest BCUT2D eigenvalue weighted by molar-refractivity contribution is -0.0982. The first-order valence-corrected chi connectivity index (χ1v) is 5.70. The van der Waals surface area contributed by atoms with E-state index in [1.54, 1.807) is 40.7 Å². The molecule has 2 N–H and O–H groups in total. The Balaban J connectivity index is 2.86. The zero-order valence-corrected chi connectivity index (χ0v) is 11.4. The molecule has 0 unspecified atom stereocenters. The fourth-order valence-corrected chi connectivity index (χ4v) is 1.38. The molecule has 1 heterocycles. The lowest BCUT2D eigenvalue weighted by Crippen LogP contribution is -2.53. The van der Waals surface area contributed by atoms with E-state index in [9.17, 15) is 10.1 Å². The standard InChI is InChI=1S/C12H21BO4/c1-8-7-10(9(2)16-8)13(15)17-12(5,6)11(3,4)14/h7,14-15H,1-6H3. The minimum Gasteiger partial charge on any atom is -0.467 e. The molecule has 0 atom stereocenters. The van der Waals surface area contributed by atoms with Crippen LogP contribution in [-0.2, 0) is 4.65 Å². The van der Waals surface area contributed by atoms with Crippen molar-refractivity contribution >= 4 is 12.6 Å². The van der Waals surface area contributed by atoms with E-state index in [1.165, 1.54) is 0 Å². The van der Waals surface area contributed by atoms with Crippen molar-refractivity contribution in [1.82, 2.24) is 0 Å². The molecule has 0 saturated carbocycles. The number of hydrogen-bond donors (Lipinski definition) is 2. The molecule has 0 fully saturated rings. The van der Waals surface area contributed by atoms with Crippen LogP contribution < -0.4 is 5.46 Å². The van der Waals surface area contributed by atoms with Gasteiger partial charge in [-0.3, -0.25) is 0 Å². The third-order valence-electron chi connectivity index (χ3n) is 3.23. The van der Waals surface area contributed by atoms with Crippen molar-refractivity contribution in [2.75, 3.05) is 0 Å². The maximum atomic E-state index is 10.0. The van der Waals surface area contributed by atoms with Gasteiger partial charge in [0.15, 0.2) is 0 Å². The van der Waals surface area contributed by atoms with Crippen molar-refractivity contribution in [2.24, 2.45) is 0 Å². The van der Waals surface area contributed by atoms with E-state index in [2.05, 4.69) is 0 Å². The summed E-state index contributed by atoms with van der Waals surface area (Å²) in [6.07, 6.45) is 0. The van der Waals surface area contributed by atoms with Crippen LogP contribution >= 0.6 is 0 Å². The summed E-state index contributed by atoms with van der Waals surface area (Å²) < 4.78 is 10.9. The van der Waals surface area contributed by atoms with E-state index in [4.69, 9.17) is 9.07 Å². The molecule has 0 aromatic carbocycles. The summed E-state index contributed by atoms with van der Waals surface area (Å²) in [7, 11) is -1.10. The van der Waals surface area contributed by atoms with Crippen LogP contribution in [0.2, 0.25) is 0 Å². The van der Waals surface area contributed by atoms with E-state index >= 15 is 0 Å². The highest BCUT2D eigenvalue weighted by molar-refractivity contribution is 6.60. The second-order valence-corrected chi connectivity index (χ2v) is 5.41. The van der Waals surface area contributed by atoms with Gasteiger partial charge >= 0.3 is 7.12 Å². The zero-order chi connectivity index (χ0) is 13.4. The van der Waals surface area contributed by atoms with Gasteiger partial charge in [-0.15, -0.1) is 0 Å². The lowest BCUT2D eigenvalue weighted by Gasteiger charge is -2.38. The smallest absolute Gasteiger partial charge is 0.467 e. The molecule has 0 amide bonds. The molecule has 1 aromatic heterocycles. The van der Waals surface area contributed by atoms with Gasteiger partial charge in [-0.1, -0.05) is 0 Å². The fraction of sp³-hybridized carbons (Fsp3) is 0.667. The van der Waals surface area contributed by atoms with Crippen LogP contribution in [0.1, 0.15) is 39.2 Å². The van der Waals surface area contributed by atoms with Gasteiger partial charge in [-0.25, -0.2) is 0 Å². The van der Waals surface area contributed by atoms with Crippen LogP contribution in [0.25, 0.3) is 0 Å². The number of aryl methyl sites for hydroxylation is 2. The van der Waals surface area contributed by atoms with Gasteiger partial charge in [0, 0.05) is 5.46 Å². The van der Waals surface area contributed by atoms with Gasteiger partial charge in [0.2, 0.25) is 0 Å². The first-order valence-electron chi connectivity index (χ1n) is 5.70. The average molecular weight is 240 g/mol. The first kappa shape index (κ1) is 14.3. The largest absolute Gasteiger partial charge is 0.495 e. The minimum atomic E-state index is -1.10. The van der Waals surface area contributed by atoms with Crippen molar-refractivity contribution in [2.45, 2.75) is 52.7 Å². The third-order valence-corrected chi connectivity index (χ3v) is 3.23. The van der Waals surface area contributed by atoms with Gasteiger partial charge in [-0.05, 0) is 47.6 Å². The van der Waals surface area contributed by atoms with Crippen LogP contribution in [0.15, 0.2) is 10.5 Å². The fourth-order valence-electron chi connectivity index (χ4n) is 1.38. The lowest BCUT2D eigenvalue weighted by atomic mass is 9.76. The van der Waals surface area contributed by atoms with Gasteiger partial charge in [0.05, 0.1) is 11.2 Å². The molecule has 0 aliphatic carbocycles. The molecule has 1 aromatic rings. The number of hydrogen-bond acceptors (Lipinski definition) is 4. The highest BCUT2D eigenvalue weighted by Gasteiger charge is 2.40. The summed E-state index contributed by atoms with van der Waals surface area (Å²) in [4.78, 5) is 0. The Hall–Kier alpha value is -0.775. The quantitative estimate of drug-likeness (QED) is 0.775. The zero-order valence-electron chi connectivity index (χ0n) is 11.4. The molecule has 1 rings (SSSR count). The molecule has 0 spiro atoms. The highest BCUT2D eigenvalue weighted by Crippen LogP contribution is 2.25. The average Bonchev–Trinajstić information content (AvgIpc) is 2.42. The van der Waals surface area contributed by atoms with E-state index < -0.39 is 18.3 Å². The summed E-state index contributed by atoms with van der Waals surface area (Å²) in [6.45, 7) is 10.3. The van der Waals surface area contributed by atoms with Gasteiger partial charge in [0.1, 0.15) is 11.5 Å². The maximum absolute atomic E-state index is 10.0. The Bertz CT molecular complexity index is 390. The Morgan fingerprint density at radius 1 is 1.24 bits per heavy atom. The summed E-state index contributed by atoms with van der Waals surface area (Å²) in [5.74, 6) is 1.35. The van der Waals surface area contributed by atoms with E-state index in [0.717, 1.165) is 5.76 Å². The number of furan rings is 1. The molecule has 0 aliphatic heterocycles. The second-order valence-electron chi connectivity index (χ2n) is 5.41. The first-order chi connectivity index (χ1) is 7.54. The summed E-state index contributed by atoms with van der Waals surface area (Å²) in [5.41, 5.74) is -1.33. The van der Waals surface area contributed by atoms with Crippen LogP contribution in [-0.4, -0.2) is 28.5 Å². The van der Waals surface area contributed by atoms with Gasteiger partial charge in [-0.2, -0.15) is 0 Å². The topological polar surface area (TPSA) is 62.8 Å². The highest BCUT2D eigenvalue weighted by atomic mass is 16.5. The SMILES string of the molecule is Cc1cc(B(O)OC(C)(C)C(C)(C)O)c(C)o1. The Labute approximate surface area is 103 Å². The molecular weight excluding hydrogens is 219 g/mol. The van der Waals surface area contributed by atoms with Crippen molar-refractivity contribution in [1.29, 1.82) is 0 Å². The van der Waals surface area contributed by atoms with E-state index in [1.807, 2.05) is 6.92 Å². The van der Waals surface area contributed by atoms with Crippen molar-refractivity contribution < 1.29 is 19.2 Å². The second kappa shape index (κ2) is 4.48. The van der Waals surface area contributed by atoms with E-state index in [-0.39, 0.29) is 0 Å². The number of aliphatic hydroxyl groups is 1. The minimum absolute atomic E-state index is 0.597. The van der Waals surface area contributed by atoms with Crippen LogP contribution in [0, 0.1) is 13.8 Å². The third kappa shape index (κ3) is 3.12. The molecule has 0 bridgehead atoms. The van der Waals surface area contributed by atoms with Crippen molar-refractivity contribution in [3.05, 3.63) is 17.6 Å². The van der Waals surface area contributed by atoms with Crippen LogP contribution in [0.5, 0.6) is 0 Å². The molecular formula is C12H21BO4. The van der Waals surface area contributed by atoms with Crippen LogP contribution in [0.4, 0.5) is 0 Å². The van der Waals surface area contributed by atoms with Crippen LogP contribution in [0.3, 0.4) is 0 Å². The molecule has 0 saturated heterocycles. The Morgan fingerprint density at radius 3 is 2.12 bits per heavy atom. The molecule has 17 heavy (non-hydrogen) atoms. The summed E-state index contributed by atoms with van der Waals surface area (Å²) in [6, 6.07) is 1.74. The predicted octanol–water partition coefficient (Wildman–Crippen LogP) is 1.15. The Morgan fingerprint density at radius 2 is 1.76 bits per heavy atom. The number of rotatable bonds is 4. The van der Waals surface area contributed by atoms with Crippen molar-refractivity contribution in [3.63, 3.8) is 0 Å². The van der Waals surface area contributed by atoms with Crippen molar-refractivity contribution in [3.8, 4) is 0 Å². The molecule has 0 aliphatic rings. The van der Waals surface area contributed by atoms with E-state index in [0.29, 0.717) is 11.2 Å². The summed E-state index contributed by atoms with van der Waals surface area (Å²) >= 11 is 0. The van der Waals surface area contributed by atoms with Gasteiger partial charge in [0.25, 0.3) is 0 Å². The van der Waals surface area contributed by atoms with Gasteiger partial charge < -0.3 is 19.2 Å².